The lowest BCUT2D eigenvalue weighted by Gasteiger charge is -2.43. The van der Waals surface area contributed by atoms with Crippen molar-refractivity contribution in [2.24, 2.45) is 16.5 Å². The van der Waals surface area contributed by atoms with Crippen molar-refractivity contribution in [3.63, 3.8) is 0 Å². The molecule has 0 saturated heterocycles. The number of hydrogen-bond donors (Lipinski definition) is 2. The van der Waals surface area contributed by atoms with Gasteiger partial charge in [0.15, 0.2) is 9.84 Å². The van der Waals surface area contributed by atoms with Crippen LogP contribution in [0.15, 0.2) is 11.1 Å². The lowest BCUT2D eigenvalue weighted by Crippen LogP contribution is -2.58. The average Bonchev–Trinajstić information content (AvgIpc) is 2.89. The Morgan fingerprint density at radius 1 is 1.33 bits per heavy atom. The van der Waals surface area contributed by atoms with Crippen LogP contribution in [-0.4, -0.2) is 30.7 Å². The third-order valence-corrected chi connectivity index (χ3v) is 9.54. The fourth-order valence-corrected chi connectivity index (χ4v) is 7.81. The highest BCUT2D eigenvalue weighted by atomic mass is 35.5. The maximum absolute atomic E-state index is 13.1. The number of amides is 1. The van der Waals surface area contributed by atoms with Crippen molar-refractivity contribution < 1.29 is 13.2 Å². The van der Waals surface area contributed by atoms with E-state index in [0.29, 0.717) is 22.7 Å². The van der Waals surface area contributed by atoms with E-state index in [9.17, 15) is 13.2 Å². The minimum absolute atomic E-state index is 0.168. The van der Waals surface area contributed by atoms with Crippen LogP contribution in [0.25, 0.3) is 0 Å². The molecule has 1 spiro atoms. The highest BCUT2D eigenvalue weighted by Gasteiger charge is 2.55. The maximum Gasteiger partial charge on any atom is 0.258 e. The lowest BCUT2D eigenvalue weighted by atomic mass is 9.86. The molecule has 0 aromatic carbocycles. The number of nitrogens with two attached hydrogens (primary N) is 2. The number of nitrogens with zero attached hydrogens (tertiary/aromatic N) is 1. The molecule has 1 fully saturated rings. The van der Waals surface area contributed by atoms with E-state index in [1.54, 1.807) is 6.92 Å². The van der Waals surface area contributed by atoms with Crippen molar-refractivity contribution in [2.45, 2.75) is 49.3 Å². The van der Waals surface area contributed by atoms with Gasteiger partial charge in [-0.2, -0.15) is 0 Å². The minimum atomic E-state index is -3.50. The molecule has 1 amide bonds. The summed E-state index contributed by atoms with van der Waals surface area (Å²) in [6.07, 6.45) is 3.72. The summed E-state index contributed by atoms with van der Waals surface area (Å²) in [5, 5.41) is 0.294. The zero-order chi connectivity index (χ0) is 17.8. The first-order valence-electron chi connectivity index (χ1n) is 7.79. The number of carbonyl (C=O) groups is 1. The van der Waals surface area contributed by atoms with Crippen LogP contribution >= 0.6 is 22.9 Å². The molecule has 1 atom stereocenters. The molecule has 4 N–H and O–H groups in total. The number of hydrogen-bond acceptors (Lipinski definition) is 6. The normalized spacial score (nSPS) is 28.5. The van der Waals surface area contributed by atoms with Crippen LogP contribution in [0, 0.1) is 0 Å². The van der Waals surface area contributed by atoms with Gasteiger partial charge in [-0.05, 0) is 25.8 Å². The summed E-state index contributed by atoms with van der Waals surface area (Å²) in [7, 11) is -3.50. The maximum atomic E-state index is 13.1. The van der Waals surface area contributed by atoms with E-state index in [-0.39, 0.29) is 16.5 Å². The Kier molecular flexibility index (Phi) is 4.21. The molecule has 0 bridgehead atoms. The molecule has 9 heteroatoms. The molecule has 1 aromatic heterocycles. The van der Waals surface area contributed by atoms with E-state index in [0.717, 1.165) is 30.6 Å². The van der Waals surface area contributed by atoms with Crippen LogP contribution in [0.2, 0.25) is 5.02 Å². The molecular weight excluding hydrogens is 370 g/mol. The third kappa shape index (κ3) is 2.55. The molecule has 0 unspecified atom stereocenters. The zero-order valence-corrected chi connectivity index (χ0v) is 15.7. The van der Waals surface area contributed by atoms with E-state index in [4.69, 9.17) is 23.1 Å². The van der Waals surface area contributed by atoms with Crippen molar-refractivity contribution >= 4 is 44.5 Å². The Bertz CT molecular complexity index is 825. The van der Waals surface area contributed by atoms with Crippen molar-refractivity contribution in [1.29, 1.82) is 0 Å². The smallest absolute Gasteiger partial charge is 0.258 e. The number of carbonyl (C=O) groups excluding carboxylic acids is 1. The highest BCUT2D eigenvalue weighted by Crippen LogP contribution is 2.47. The molecule has 2 aliphatic rings. The van der Waals surface area contributed by atoms with Crippen LogP contribution in [0.4, 0.5) is 0 Å². The van der Waals surface area contributed by atoms with E-state index < -0.39 is 26.0 Å². The van der Waals surface area contributed by atoms with Crippen LogP contribution < -0.4 is 11.5 Å². The summed E-state index contributed by atoms with van der Waals surface area (Å²) in [5.74, 6) is -0.601. The van der Waals surface area contributed by atoms with Crippen molar-refractivity contribution in [3.05, 3.63) is 20.8 Å². The average molecular weight is 390 g/mol. The van der Waals surface area contributed by atoms with Gasteiger partial charge in [0.2, 0.25) is 0 Å². The lowest BCUT2D eigenvalue weighted by molar-refractivity contribution is 0.100. The molecule has 1 aliphatic carbocycles. The number of rotatable bonds is 2. The number of primary amides is 1. The van der Waals surface area contributed by atoms with Gasteiger partial charge in [0.05, 0.1) is 20.5 Å². The highest BCUT2D eigenvalue weighted by molar-refractivity contribution is 7.93. The molecule has 2 heterocycles. The number of thiophene rings is 1. The number of aliphatic imine (C=N–C) groups is 1. The predicted molar refractivity (Wildman–Crippen MR) is 96.4 cm³/mol. The van der Waals surface area contributed by atoms with Gasteiger partial charge in [-0.1, -0.05) is 30.9 Å². The zero-order valence-electron chi connectivity index (χ0n) is 13.3. The van der Waals surface area contributed by atoms with Crippen LogP contribution in [0.5, 0.6) is 0 Å². The van der Waals surface area contributed by atoms with Crippen molar-refractivity contribution in [3.8, 4) is 0 Å². The molecular formula is C15H20ClN3O3S2. The van der Waals surface area contributed by atoms with E-state index in [1.165, 1.54) is 6.07 Å². The summed E-state index contributed by atoms with van der Waals surface area (Å²) in [4.78, 5) is 16.7. The van der Waals surface area contributed by atoms with Gasteiger partial charge >= 0.3 is 0 Å². The topological polar surface area (TPSA) is 116 Å². The van der Waals surface area contributed by atoms with Gasteiger partial charge in [0.1, 0.15) is 16.1 Å². The standard InChI is InChI=1S/C15H20ClN3O3S2/c1-14(11-9(16)7-10(23-11)12(17)20)8-24(21,22)15(13(18)19-14)5-3-2-4-6-15/h7H,2-6,8H2,1H3,(H2,17,20)(H2,18,19)/t14-/m0/s1. The molecule has 3 rings (SSSR count). The summed E-state index contributed by atoms with van der Waals surface area (Å²) in [5.41, 5.74) is 10.4. The molecule has 24 heavy (non-hydrogen) atoms. The van der Waals surface area contributed by atoms with Crippen molar-refractivity contribution in [2.75, 3.05) is 5.75 Å². The first-order valence-corrected chi connectivity index (χ1v) is 10.6. The Hall–Kier alpha value is -1.12. The summed E-state index contributed by atoms with van der Waals surface area (Å²) in [6.45, 7) is 1.69. The Morgan fingerprint density at radius 2 is 1.96 bits per heavy atom. The fourth-order valence-electron chi connectivity index (χ4n) is 3.73. The molecule has 1 aromatic rings. The fraction of sp³-hybridized carbons (Fsp3) is 0.600. The summed E-state index contributed by atoms with van der Waals surface area (Å²) in [6, 6.07) is 1.46. The Morgan fingerprint density at radius 3 is 2.46 bits per heavy atom. The van der Waals surface area contributed by atoms with Gasteiger partial charge in [-0.15, -0.1) is 11.3 Å². The van der Waals surface area contributed by atoms with Gasteiger partial charge < -0.3 is 11.5 Å². The summed E-state index contributed by atoms with van der Waals surface area (Å²) < 4.78 is 25.2. The van der Waals surface area contributed by atoms with E-state index >= 15 is 0 Å². The van der Waals surface area contributed by atoms with Gasteiger partial charge in [0, 0.05) is 0 Å². The molecule has 1 aliphatic heterocycles. The second kappa shape index (κ2) is 5.71. The van der Waals surface area contributed by atoms with Crippen LogP contribution in [0.3, 0.4) is 0 Å². The van der Waals surface area contributed by atoms with E-state index in [2.05, 4.69) is 4.99 Å². The number of halogens is 1. The minimum Gasteiger partial charge on any atom is -0.386 e. The van der Waals surface area contributed by atoms with Crippen LogP contribution in [-0.2, 0) is 15.4 Å². The Labute approximate surface area is 150 Å². The van der Waals surface area contributed by atoms with E-state index in [1.807, 2.05) is 0 Å². The van der Waals surface area contributed by atoms with Crippen LogP contribution in [0.1, 0.15) is 53.6 Å². The molecule has 1 saturated carbocycles. The van der Waals surface area contributed by atoms with Gasteiger partial charge in [0.25, 0.3) is 5.91 Å². The first kappa shape index (κ1) is 17.7. The summed E-state index contributed by atoms with van der Waals surface area (Å²) >= 11 is 7.31. The largest absolute Gasteiger partial charge is 0.386 e. The SMILES string of the molecule is C[C@@]1(c2sc(C(N)=O)cc2Cl)CS(=O)(=O)C2(CCCCC2)C(N)=N1. The first-order chi connectivity index (χ1) is 11.1. The molecule has 132 valence electrons. The Balaban J connectivity index is 2.12. The van der Waals surface area contributed by atoms with Gasteiger partial charge in [-0.3, -0.25) is 9.79 Å². The number of sulfone groups is 1. The molecule has 0 radical (unpaired) electrons. The van der Waals surface area contributed by atoms with Gasteiger partial charge in [-0.25, -0.2) is 8.42 Å². The van der Waals surface area contributed by atoms with Crippen molar-refractivity contribution in [1.82, 2.24) is 0 Å². The second-order valence-electron chi connectivity index (χ2n) is 6.74. The number of amidine groups is 1. The second-order valence-corrected chi connectivity index (χ2v) is 10.5. The third-order valence-electron chi connectivity index (χ3n) is 4.98. The predicted octanol–water partition coefficient (Wildman–Crippen LogP) is 2.20. The molecule has 6 nitrogen and oxygen atoms in total. The quantitative estimate of drug-likeness (QED) is 0.806. The monoisotopic (exact) mass is 389 g/mol.